The highest BCUT2D eigenvalue weighted by atomic mass is 32.1. The lowest BCUT2D eigenvalue weighted by Gasteiger charge is -2.16. The molecule has 2 aromatic heterocycles. The standard InChI is InChI=1S/C22H18F2N4O6S/c23-14-8-12(10-26-17(29)4-3-13-2-1-6-34-13)9-15(24)18(14)19(30)28-16(22(32)33)11-27-20(31)21-25-5-7-35-21/h1-9,16H,10-11H2,(H,26,29)(H,27,31)(H,28,30)(H,32,33)/t16-/m0/s1. The van der Waals surface area contributed by atoms with Crippen molar-refractivity contribution < 1.29 is 37.5 Å². The third-order valence-electron chi connectivity index (χ3n) is 4.43. The second-order valence-corrected chi connectivity index (χ2v) is 7.81. The van der Waals surface area contributed by atoms with E-state index in [1.54, 1.807) is 17.5 Å². The lowest BCUT2D eigenvalue weighted by Crippen LogP contribution is -2.48. The van der Waals surface area contributed by atoms with Gasteiger partial charge in [-0.1, -0.05) is 0 Å². The summed E-state index contributed by atoms with van der Waals surface area (Å²) in [5.74, 6) is -6.14. The number of hydrogen-bond acceptors (Lipinski definition) is 7. The van der Waals surface area contributed by atoms with Crippen LogP contribution in [0, 0.1) is 11.6 Å². The second-order valence-electron chi connectivity index (χ2n) is 6.91. The summed E-state index contributed by atoms with van der Waals surface area (Å²) < 4.78 is 34.1. The van der Waals surface area contributed by atoms with E-state index in [-0.39, 0.29) is 17.1 Å². The number of carbonyl (C=O) groups is 4. The molecule has 0 bridgehead atoms. The second kappa shape index (κ2) is 11.7. The number of hydrogen-bond donors (Lipinski definition) is 4. The summed E-state index contributed by atoms with van der Waals surface area (Å²) in [4.78, 5) is 51.4. The van der Waals surface area contributed by atoms with E-state index >= 15 is 0 Å². The van der Waals surface area contributed by atoms with Gasteiger partial charge >= 0.3 is 5.97 Å². The maximum Gasteiger partial charge on any atom is 0.328 e. The van der Waals surface area contributed by atoms with Gasteiger partial charge in [-0.25, -0.2) is 18.6 Å². The Morgan fingerprint density at radius 3 is 2.49 bits per heavy atom. The van der Waals surface area contributed by atoms with Crippen LogP contribution in [0.15, 0.2) is 52.6 Å². The molecule has 0 radical (unpaired) electrons. The number of nitrogens with zero attached hydrogens (tertiary/aromatic N) is 1. The van der Waals surface area contributed by atoms with E-state index in [4.69, 9.17) is 4.42 Å². The van der Waals surface area contributed by atoms with E-state index in [9.17, 15) is 33.1 Å². The molecule has 35 heavy (non-hydrogen) atoms. The van der Waals surface area contributed by atoms with Crippen LogP contribution in [0.4, 0.5) is 8.78 Å². The van der Waals surface area contributed by atoms with Gasteiger partial charge in [-0.2, -0.15) is 0 Å². The Hall–Kier alpha value is -4.39. The summed E-state index contributed by atoms with van der Waals surface area (Å²) in [5, 5.41) is 17.6. The Kier molecular flexibility index (Phi) is 8.40. The number of furan rings is 1. The first-order chi connectivity index (χ1) is 16.7. The van der Waals surface area contributed by atoms with E-state index < -0.39 is 53.5 Å². The highest BCUT2D eigenvalue weighted by molar-refractivity contribution is 7.11. The Morgan fingerprint density at radius 1 is 1.14 bits per heavy atom. The molecule has 0 saturated heterocycles. The van der Waals surface area contributed by atoms with Gasteiger partial charge in [-0.15, -0.1) is 11.3 Å². The van der Waals surface area contributed by atoms with Crippen molar-refractivity contribution in [3.63, 3.8) is 0 Å². The van der Waals surface area contributed by atoms with Gasteiger partial charge in [0.05, 0.1) is 6.26 Å². The van der Waals surface area contributed by atoms with Crippen molar-refractivity contribution in [1.29, 1.82) is 0 Å². The minimum Gasteiger partial charge on any atom is -0.480 e. The highest BCUT2D eigenvalue weighted by Crippen LogP contribution is 2.16. The minimum atomic E-state index is -1.66. The van der Waals surface area contributed by atoms with E-state index in [1.807, 2.05) is 5.32 Å². The average Bonchev–Trinajstić information content (AvgIpc) is 3.52. The van der Waals surface area contributed by atoms with Crippen LogP contribution in [-0.4, -0.2) is 46.4 Å². The third-order valence-corrected chi connectivity index (χ3v) is 5.21. The molecule has 182 valence electrons. The number of halogens is 2. The predicted octanol–water partition coefficient (Wildman–Crippen LogP) is 1.96. The Morgan fingerprint density at radius 2 is 1.89 bits per heavy atom. The molecule has 0 aliphatic rings. The van der Waals surface area contributed by atoms with E-state index in [2.05, 4.69) is 15.6 Å². The Labute approximate surface area is 200 Å². The number of aliphatic carboxylic acids is 1. The molecule has 10 nitrogen and oxygen atoms in total. The highest BCUT2D eigenvalue weighted by Gasteiger charge is 2.26. The first-order valence-corrected chi connectivity index (χ1v) is 10.8. The number of benzene rings is 1. The quantitative estimate of drug-likeness (QED) is 0.308. The van der Waals surface area contributed by atoms with E-state index in [0.29, 0.717) is 5.76 Å². The van der Waals surface area contributed by atoms with Crippen LogP contribution in [0.1, 0.15) is 31.5 Å². The molecule has 0 spiro atoms. The van der Waals surface area contributed by atoms with Gasteiger partial charge < -0.3 is 25.5 Å². The molecule has 0 saturated carbocycles. The third kappa shape index (κ3) is 7.04. The van der Waals surface area contributed by atoms with E-state index in [0.717, 1.165) is 23.5 Å². The smallest absolute Gasteiger partial charge is 0.328 e. The average molecular weight is 504 g/mol. The molecule has 0 aliphatic carbocycles. The number of rotatable bonds is 10. The van der Waals surface area contributed by atoms with Gasteiger partial charge in [0, 0.05) is 30.7 Å². The first kappa shape index (κ1) is 25.2. The van der Waals surface area contributed by atoms with Crippen LogP contribution in [0.5, 0.6) is 0 Å². The van der Waals surface area contributed by atoms with Crippen molar-refractivity contribution in [3.8, 4) is 0 Å². The van der Waals surface area contributed by atoms with Crippen LogP contribution in [-0.2, 0) is 16.1 Å². The van der Waals surface area contributed by atoms with Crippen molar-refractivity contribution in [2.45, 2.75) is 12.6 Å². The van der Waals surface area contributed by atoms with E-state index in [1.165, 1.54) is 24.6 Å². The fourth-order valence-corrected chi connectivity index (χ4v) is 3.32. The lowest BCUT2D eigenvalue weighted by atomic mass is 10.1. The molecule has 1 atom stereocenters. The Balaban J connectivity index is 1.60. The predicted molar refractivity (Wildman–Crippen MR) is 119 cm³/mol. The topological polar surface area (TPSA) is 151 Å². The number of nitrogens with one attached hydrogen (secondary N) is 3. The fourth-order valence-electron chi connectivity index (χ4n) is 2.77. The lowest BCUT2D eigenvalue weighted by molar-refractivity contribution is -0.139. The molecular weight excluding hydrogens is 486 g/mol. The fraction of sp³-hybridized carbons (Fsp3) is 0.136. The van der Waals surface area contributed by atoms with Gasteiger partial charge in [0.1, 0.15) is 29.0 Å². The number of carboxylic acid groups (broad SMARTS) is 1. The van der Waals surface area contributed by atoms with Gasteiger partial charge in [0.15, 0.2) is 5.01 Å². The number of aromatic nitrogens is 1. The summed E-state index contributed by atoms with van der Waals surface area (Å²) in [6.07, 6.45) is 5.39. The normalized spacial score (nSPS) is 11.7. The monoisotopic (exact) mass is 504 g/mol. The largest absolute Gasteiger partial charge is 0.480 e. The molecule has 2 heterocycles. The number of carboxylic acids is 1. The summed E-state index contributed by atoms with van der Waals surface area (Å²) in [5.41, 5.74) is -0.975. The van der Waals surface area contributed by atoms with Gasteiger partial charge in [0.25, 0.3) is 11.8 Å². The molecule has 13 heteroatoms. The van der Waals surface area contributed by atoms with Crippen LogP contribution in [0.3, 0.4) is 0 Å². The molecule has 3 rings (SSSR count). The number of thiazole rings is 1. The molecule has 3 aromatic rings. The summed E-state index contributed by atoms with van der Waals surface area (Å²) in [6, 6.07) is 3.29. The zero-order valence-electron chi connectivity index (χ0n) is 17.8. The molecule has 0 fully saturated rings. The summed E-state index contributed by atoms with van der Waals surface area (Å²) >= 11 is 1.02. The first-order valence-electron chi connectivity index (χ1n) is 9.93. The van der Waals surface area contributed by atoms with Crippen molar-refractivity contribution in [2.75, 3.05) is 6.54 Å². The summed E-state index contributed by atoms with van der Waals surface area (Å²) in [7, 11) is 0. The maximum absolute atomic E-state index is 14.5. The molecule has 3 amide bonds. The molecule has 0 unspecified atom stereocenters. The molecular formula is C22H18F2N4O6S. The molecule has 4 N–H and O–H groups in total. The van der Waals surface area contributed by atoms with Crippen molar-refractivity contribution >= 4 is 41.1 Å². The molecule has 0 aliphatic heterocycles. The van der Waals surface area contributed by atoms with Gasteiger partial charge in [0.2, 0.25) is 5.91 Å². The zero-order chi connectivity index (χ0) is 25.4. The number of carbonyl (C=O) groups excluding carboxylic acids is 3. The number of amides is 3. The van der Waals surface area contributed by atoms with Crippen molar-refractivity contribution in [1.82, 2.24) is 20.9 Å². The van der Waals surface area contributed by atoms with Crippen LogP contribution in [0.25, 0.3) is 6.08 Å². The SMILES string of the molecule is O=C(C=Cc1ccco1)NCc1cc(F)c(C(=O)N[C@@H](CNC(=O)c2nccs2)C(=O)O)c(F)c1. The molecule has 1 aromatic carbocycles. The van der Waals surface area contributed by atoms with Crippen LogP contribution >= 0.6 is 11.3 Å². The maximum atomic E-state index is 14.5. The minimum absolute atomic E-state index is 0.0294. The zero-order valence-corrected chi connectivity index (χ0v) is 18.6. The van der Waals surface area contributed by atoms with Crippen molar-refractivity contribution in [2.24, 2.45) is 0 Å². The Bertz CT molecular complexity index is 1220. The van der Waals surface area contributed by atoms with Crippen molar-refractivity contribution in [3.05, 3.63) is 81.7 Å². The van der Waals surface area contributed by atoms with Crippen LogP contribution < -0.4 is 16.0 Å². The van der Waals surface area contributed by atoms with Gasteiger partial charge in [-0.05, 0) is 35.9 Å². The van der Waals surface area contributed by atoms with Crippen LogP contribution in [0.2, 0.25) is 0 Å². The van der Waals surface area contributed by atoms with Gasteiger partial charge in [-0.3, -0.25) is 14.4 Å². The summed E-state index contributed by atoms with van der Waals surface area (Å²) in [6.45, 7) is -0.782.